The van der Waals surface area contributed by atoms with Crippen molar-refractivity contribution in [2.24, 2.45) is 5.18 Å². The zero-order chi connectivity index (χ0) is 24.6. The first kappa shape index (κ1) is 25.7. The number of rotatable bonds is 11. The molecule has 11 nitrogen and oxygen atoms in total. The first-order chi connectivity index (χ1) is 15.4. The van der Waals surface area contributed by atoms with Crippen LogP contribution in [0.4, 0.5) is 10.5 Å². The quantitative estimate of drug-likeness (QED) is 0.229. The fraction of sp³-hybridized carbons (Fsp3) is 0.455. The second-order valence-electron chi connectivity index (χ2n) is 8.61. The number of hydrogen-bond acceptors (Lipinski definition) is 9. The summed E-state index contributed by atoms with van der Waals surface area (Å²) >= 11 is 0. The van der Waals surface area contributed by atoms with Crippen LogP contribution in [0, 0.1) is 4.91 Å². The van der Waals surface area contributed by atoms with Crippen LogP contribution in [-0.2, 0) is 23.9 Å². The molecule has 0 spiro atoms. The van der Waals surface area contributed by atoms with Gasteiger partial charge in [-0.1, -0.05) is 0 Å². The lowest BCUT2D eigenvalue weighted by molar-refractivity contribution is -0.141. The van der Waals surface area contributed by atoms with Gasteiger partial charge in [0.1, 0.15) is 24.6 Å². The summed E-state index contributed by atoms with van der Waals surface area (Å²) in [5.41, 5.74) is -1.29. The largest absolute Gasteiger partial charge is 0.513 e. The van der Waals surface area contributed by atoms with E-state index in [9.17, 15) is 24.1 Å². The van der Waals surface area contributed by atoms with Crippen molar-refractivity contribution in [3.05, 3.63) is 41.3 Å². The van der Waals surface area contributed by atoms with Crippen LogP contribution in [0.1, 0.15) is 34.1 Å². The molecule has 1 aliphatic rings. The van der Waals surface area contributed by atoms with Crippen LogP contribution in [0.3, 0.4) is 0 Å². The lowest BCUT2D eigenvalue weighted by Crippen LogP contribution is -2.49. The number of carbonyl (C=O) groups is 4. The number of benzene rings is 1. The molecule has 0 saturated heterocycles. The van der Waals surface area contributed by atoms with Gasteiger partial charge in [-0.15, -0.1) is 4.91 Å². The summed E-state index contributed by atoms with van der Waals surface area (Å²) in [6, 6.07) is 5.64. The zero-order valence-corrected chi connectivity index (χ0v) is 19.0. The van der Waals surface area contributed by atoms with Gasteiger partial charge in [0.15, 0.2) is 0 Å². The Bertz CT molecular complexity index is 919. The third kappa shape index (κ3) is 8.45. The summed E-state index contributed by atoms with van der Waals surface area (Å²) in [5, 5.41) is 5.53. The molecule has 0 radical (unpaired) electrons. The van der Waals surface area contributed by atoms with E-state index < -0.39 is 35.0 Å². The van der Waals surface area contributed by atoms with Crippen molar-refractivity contribution in [1.82, 2.24) is 10.2 Å². The second kappa shape index (κ2) is 10.8. The Morgan fingerprint density at radius 1 is 1.03 bits per heavy atom. The molecule has 0 bridgehead atoms. The van der Waals surface area contributed by atoms with Crippen molar-refractivity contribution in [2.45, 2.75) is 45.3 Å². The van der Waals surface area contributed by atoms with E-state index in [4.69, 9.17) is 14.2 Å². The van der Waals surface area contributed by atoms with Crippen molar-refractivity contribution in [1.29, 1.82) is 0 Å². The van der Waals surface area contributed by atoms with Gasteiger partial charge in [-0.25, -0.2) is 4.79 Å². The van der Waals surface area contributed by atoms with Gasteiger partial charge in [-0.3, -0.25) is 19.3 Å². The normalized spacial score (nSPS) is 13.8. The predicted octanol–water partition coefficient (Wildman–Crippen LogP) is 2.61. The van der Waals surface area contributed by atoms with Crippen molar-refractivity contribution >= 4 is 29.6 Å². The molecular weight excluding hydrogens is 434 g/mol. The molecular formula is C22H27N3O8. The standard InChI is InChI=1S/C22H27N3O8/c1-21(2,23-17(26)13-25-18(27)9-10-19(25)28)11-12-32-22(3,4)14-31-20(29)33-16-7-5-15(24-30)6-8-16/h5-10H,11-14H2,1-4H3,(H,23,26). The predicted molar refractivity (Wildman–Crippen MR) is 117 cm³/mol. The van der Waals surface area contributed by atoms with E-state index in [1.165, 1.54) is 24.3 Å². The average Bonchev–Trinajstić information content (AvgIpc) is 3.04. The van der Waals surface area contributed by atoms with E-state index in [1.807, 2.05) is 0 Å². The molecule has 0 fully saturated rings. The summed E-state index contributed by atoms with van der Waals surface area (Å²) in [5.74, 6) is -1.30. The van der Waals surface area contributed by atoms with Gasteiger partial charge in [0.2, 0.25) is 5.91 Å². The number of nitrogens with one attached hydrogen (secondary N) is 1. The average molecular weight is 461 g/mol. The Labute approximate surface area is 191 Å². The van der Waals surface area contributed by atoms with E-state index >= 15 is 0 Å². The monoisotopic (exact) mass is 461 g/mol. The lowest BCUT2D eigenvalue weighted by Gasteiger charge is -2.30. The minimum absolute atomic E-state index is 0.0845. The topological polar surface area (TPSA) is 141 Å². The first-order valence-electron chi connectivity index (χ1n) is 10.2. The van der Waals surface area contributed by atoms with E-state index in [2.05, 4.69) is 10.5 Å². The van der Waals surface area contributed by atoms with Crippen LogP contribution in [-0.4, -0.2) is 59.7 Å². The van der Waals surface area contributed by atoms with E-state index in [0.29, 0.717) is 6.42 Å². The molecule has 0 aliphatic carbocycles. The molecule has 178 valence electrons. The maximum atomic E-state index is 12.2. The molecule has 1 N–H and O–H groups in total. The zero-order valence-electron chi connectivity index (χ0n) is 19.0. The maximum Gasteiger partial charge on any atom is 0.513 e. The molecule has 33 heavy (non-hydrogen) atoms. The van der Waals surface area contributed by atoms with Gasteiger partial charge in [-0.2, -0.15) is 0 Å². The number of hydrogen-bond donors (Lipinski definition) is 1. The van der Waals surface area contributed by atoms with Crippen LogP contribution in [0.2, 0.25) is 0 Å². The number of nitroso groups, excluding NO2 is 1. The van der Waals surface area contributed by atoms with Crippen LogP contribution in [0.5, 0.6) is 5.75 Å². The highest BCUT2D eigenvalue weighted by atomic mass is 16.7. The van der Waals surface area contributed by atoms with Gasteiger partial charge in [0.05, 0.1) is 5.60 Å². The molecule has 1 heterocycles. The highest BCUT2D eigenvalue weighted by Gasteiger charge is 2.29. The number of carbonyl (C=O) groups excluding carboxylic acids is 4. The molecule has 2 rings (SSSR count). The van der Waals surface area contributed by atoms with Crippen LogP contribution >= 0.6 is 0 Å². The molecule has 0 unspecified atom stereocenters. The molecule has 0 aromatic heterocycles. The summed E-state index contributed by atoms with van der Waals surface area (Å²) in [6.45, 7) is 6.83. The Morgan fingerprint density at radius 3 is 2.21 bits per heavy atom. The number of nitrogens with zero attached hydrogens (tertiary/aromatic N) is 2. The van der Waals surface area contributed by atoms with Gasteiger partial charge in [0, 0.05) is 24.3 Å². The Balaban J connectivity index is 1.71. The van der Waals surface area contributed by atoms with Crippen LogP contribution in [0.25, 0.3) is 0 Å². The third-order valence-corrected chi connectivity index (χ3v) is 4.58. The number of imide groups is 1. The van der Waals surface area contributed by atoms with E-state index in [1.54, 1.807) is 27.7 Å². The summed E-state index contributed by atoms with van der Waals surface area (Å²) in [7, 11) is 0. The highest BCUT2D eigenvalue weighted by Crippen LogP contribution is 2.19. The summed E-state index contributed by atoms with van der Waals surface area (Å²) in [6.07, 6.45) is 1.74. The highest BCUT2D eigenvalue weighted by molar-refractivity contribution is 6.14. The summed E-state index contributed by atoms with van der Waals surface area (Å²) < 4.78 is 15.9. The fourth-order valence-electron chi connectivity index (χ4n) is 2.77. The van der Waals surface area contributed by atoms with Crippen LogP contribution < -0.4 is 10.1 Å². The Kier molecular flexibility index (Phi) is 8.41. The van der Waals surface area contributed by atoms with Gasteiger partial charge in [0.25, 0.3) is 11.8 Å². The fourth-order valence-corrected chi connectivity index (χ4v) is 2.77. The molecule has 3 amide bonds. The minimum atomic E-state index is -0.924. The van der Waals surface area contributed by atoms with E-state index in [0.717, 1.165) is 17.1 Å². The van der Waals surface area contributed by atoms with Crippen molar-refractivity contribution in [3.63, 3.8) is 0 Å². The lowest BCUT2D eigenvalue weighted by atomic mass is 10.0. The number of amides is 3. The second-order valence-corrected chi connectivity index (χ2v) is 8.61. The Morgan fingerprint density at radius 2 is 1.64 bits per heavy atom. The molecule has 0 saturated carbocycles. The molecule has 1 aromatic carbocycles. The van der Waals surface area contributed by atoms with Gasteiger partial charge < -0.3 is 19.5 Å². The third-order valence-electron chi connectivity index (χ3n) is 4.58. The van der Waals surface area contributed by atoms with E-state index in [-0.39, 0.29) is 31.2 Å². The molecule has 1 aliphatic heterocycles. The molecule has 0 atom stereocenters. The van der Waals surface area contributed by atoms with Crippen LogP contribution in [0.15, 0.2) is 41.6 Å². The van der Waals surface area contributed by atoms with Crippen molar-refractivity contribution < 1.29 is 33.4 Å². The van der Waals surface area contributed by atoms with Crippen molar-refractivity contribution in [2.75, 3.05) is 19.8 Å². The Hall–Kier alpha value is -3.60. The number of ether oxygens (including phenoxy) is 3. The summed E-state index contributed by atoms with van der Waals surface area (Å²) in [4.78, 5) is 58.5. The SMILES string of the molecule is CC(C)(CCOC(C)(C)COC(=O)Oc1ccc(N=O)cc1)NC(=O)CN1C(=O)C=CC1=O. The molecule has 11 heteroatoms. The van der Waals surface area contributed by atoms with Gasteiger partial charge >= 0.3 is 6.16 Å². The first-order valence-corrected chi connectivity index (χ1v) is 10.2. The molecule has 1 aromatic rings. The van der Waals surface area contributed by atoms with Crippen molar-refractivity contribution in [3.8, 4) is 5.75 Å². The van der Waals surface area contributed by atoms with Gasteiger partial charge in [-0.05, 0) is 63.6 Å². The minimum Gasteiger partial charge on any atom is -0.431 e. The smallest absolute Gasteiger partial charge is 0.431 e. The maximum absolute atomic E-state index is 12.2.